The van der Waals surface area contributed by atoms with Crippen molar-refractivity contribution in [2.24, 2.45) is 7.05 Å². The third-order valence-corrected chi connectivity index (χ3v) is 6.97. The van der Waals surface area contributed by atoms with Crippen LogP contribution in [0.4, 0.5) is 5.13 Å². The Kier molecular flexibility index (Phi) is 4.99. The van der Waals surface area contributed by atoms with Gasteiger partial charge in [0.1, 0.15) is 10.7 Å². The number of amides is 1. The number of hydrogen-bond donors (Lipinski definition) is 1. The molecule has 0 radical (unpaired) electrons. The molecule has 0 aliphatic carbocycles. The molecule has 0 atom stereocenters. The summed E-state index contributed by atoms with van der Waals surface area (Å²) in [5.74, 6) is 0.535. The zero-order valence-electron chi connectivity index (χ0n) is 15.8. The summed E-state index contributed by atoms with van der Waals surface area (Å²) in [4.78, 5) is 27.3. The molecular formula is C21H15N5OS3. The second kappa shape index (κ2) is 7.94. The maximum atomic E-state index is 12.8. The lowest BCUT2D eigenvalue weighted by Gasteiger charge is -2.02. The van der Waals surface area contributed by atoms with Crippen molar-refractivity contribution in [3.63, 3.8) is 0 Å². The van der Waals surface area contributed by atoms with Crippen LogP contribution in [0.3, 0.4) is 0 Å². The van der Waals surface area contributed by atoms with Crippen molar-refractivity contribution < 1.29 is 4.79 Å². The molecule has 9 heteroatoms. The predicted molar refractivity (Wildman–Crippen MR) is 123 cm³/mol. The predicted octanol–water partition coefficient (Wildman–Crippen LogP) is 5.65. The van der Waals surface area contributed by atoms with Crippen molar-refractivity contribution in [1.82, 2.24) is 19.5 Å². The van der Waals surface area contributed by atoms with E-state index in [1.54, 1.807) is 22.9 Å². The van der Waals surface area contributed by atoms with Crippen LogP contribution in [0.15, 0.2) is 64.9 Å². The molecule has 0 saturated carbocycles. The number of benzene rings is 1. The van der Waals surface area contributed by atoms with Crippen molar-refractivity contribution in [2.75, 3.05) is 5.32 Å². The highest BCUT2D eigenvalue weighted by molar-refractivity contribution is 7.19. The van der Waals surface area contributed by atoms with E-state index in [2.05, 4.69) is 15.3 Å². The minimum atomic E-state index is -0.271. The fourth-order valence-electron chi connectivity index (χ4n) is 2.96. The fraction of sp³-hybridized carbons (Fsp3) is 0.0476. The van der Waals surface area contributed by atoms with Gasteiger partial charge in [-0.3, -0.25) is 10.1 Å². The summed E-state index contributed by atoms with van der Waals surface area (Å²) in [6, 6.07) is 11.9. The van der Waals surface area contributed by atoms with Crippen LogP contribution < -0.4 is 5.32 Å². The summed E-state index contributed by atoms with van der Waals surface area (Å²) in [6.07, 6.45) is 3.65. The molecule has 1 amide bonds. The third kappa shape index (κ3) is 3.58. The van der Waals surface area contributed by atoms with E-state index in [0.717, 1.165) is 32.5 Å². The van der Waals surface area contributed by atoms with Crippen LogP contribution in [0, 0.1) is 0 Å². The van der Waals surface area contributed by atoms with Gasteiger partial charge in [0.05, 0.1) is 10.6 Å². The molecule has 0 aliphatic heterocycles. The molecule has 5 rings (SSSR count). The monoisotopic (exact) mass is 449 g/mol. The molecule has 148 valence electrons. The number of carbonyl (C=O) groups excluding carboxylic acids is 1. The first-order chi connectivity index (χ1) is 14.7. The van der Waals surface area contributed by atoms with Crippen LogP contribution in [0.2, 0.25) is 0 Å². The summed E-state index contributed by atoms with van der Waals surface area (Å²) in [6.45, 7) is 0. The summed E-state index contributed by atoms with van der Waals surface area (Å²) in [5.41, 5.74) is 3.18. The number of carbonyl (C=O) groups is 1. The highest BCUT2D eigenvalue weighted by Crippen LogP contribution is 2.38. The van der Waals surface area contributed by atoms with Gasteiger partial charge in [-0.1, -0.05) is 41.7 Å². The van der Waals surface area contributed by atoms with Crippen molar-refractivity contribution in [2.45, 2.75) is 0 Å². The van der Waals surface area contributed by atoms with E-state index < -0.39 is 0 Å². The summed E-state index contributed by atoms with van der Waals surface area (Å²) >= 11 is 4.47. The molecule has 0 fully saturated rings. The van der Waals surface area contributed by atoms with Gasteiger partial charge >= 0.3 is 0 Å². The molecule has 6 nitrogen and oxygen atoms in total. The molecule has 1 aromatic carbocycles. The highest BCUT2D eigenvalue weighted by Gasteiger charge is 2.20. The maximum Gasteiger partial charge on any atom is 0.276 e. The second-order valence-corrected chi connectivity index (χ2v) is 9.07. The van der Waals surface area contributed by atoms with Gasteiger partial charge in [0, 0.05) is 41.3 Å². The van der Waals surface area contributed by atoms with Crippen LogP contribution in [0.1, 0.15) is 10.5 Å². The van der Waals surface area contributed by atoms with Crippen molar-refractivity contribution in [3.8, 4) is 32.5 Å². The average molecular weight is 450 g/mol. The number of anilines is 1. The minimum Gasteiger partial charge on any atom is -0.333 e. The smallest absolute Gasteiger partial charge is 0.276 e. The molecule has 4 heterocycles. The van der Waals surface area contributed by atoms with Gasteiger partial charge in [-0.15, -0.1) is 11.3 Å². The highest BCUT2D eigenvalue weighted by atomic mass is 32.1. The molecule has 30 heavy (non-hydrogen) atoms. The third-order valence-electron chi connectivity index (χ3n) is 4.42. The van der Waals surface area contributed by atoms with Crippen LogP contribution in [-0.4, -0.2) is 25.4 Å². The largest absolute Gasteiger partial charge is 0.333 e. The molecule has 1 N–H and O–H groups in total. The number of imidazole rings is 1. The summed E-state index contributed by atoms with van der Waals surface area (Å²) < 4.78 is 1.94. The van der Waals surface area contributed by atoms with Crippen molar-refractivity contribution in [1.29, 1.82) is 0 Å². The number of aryl methyl sites for hydroxylation is 1. The van der Waals surface area contributed by atoms with Gasteiger partial charge in [0.2, 0.25) is 0 Å². The molecule has 0 saturated heterocycles. The lowest BCUT2D eigenvalue weighted by atomic mass is 10.1. The van der Waals surface area contributed by atoms with Gasteiger partial charge in [-0.05, 0) is 11.4 Å². The molecule has 0 unspecified atom stereocenters. The lowest BCUT2D eigenvalue weighted by molar-refractivity contribution is 0.102. The Labute approximate surface area is 184 Å². The Bertz CT molecular complexity index is 1300. The Balaban J connectivity index is 1.47. The van der Waals surface area contributed by atoms with Crippen LogP contribution in [0.25, 0.3) is 32.5 Å². The zero-order chi connectivity index (χ0) is 20.5. The molecule has 4 aromatic heterocycles. The second-order valence-electron chi connectivity index (χ2n) is 6.43. The normalized spacial score (nSPS) is 11.0. The first-order valence-electron chi connectivity index (χ1n) is 9.02. The molecule has 0 spiro atoms. The van der Waals surface area contributed by atoms with Crippen molar-refractivity contribution in [3.05, 3.63) is 70.6 Å². The van der Waals surface area contributed by atoms with E-state index >= 15 is 0 Å². The Hall–Kier alpha value is -3.14. The van der Waals surface area contributed by atoms with Gasteiger partial charge in [-0.2, -0.15) is 11.3 Å². The van der Waals surface area contributed by atoms with Crippen LogP contribution in [0.5, 0.6) is 0 Å². The summed E-state index contributed by atoms with van der Waals surface area (Å²) in [5, 5.41) is 10.0. The van der Waals surface area contributed by atoms with E-state index in [1.807, 2.05) is 65.0 Å². The number of aromatic nitrogens is 4. The summed E-state index contributed by atoms with van der Waals surface area (Å²) in [7, 11) is 1.94. The molecular weight excluding hydrogens is 434 g/mol. The van der Waals surface area contributed by atoms with Gasteiger partial charge in [-0.25, -0.2) is 15.0 Å². The van der Waals surface area contributed by atoms with Gasteiger partial charge in [0.25, 0.3) is 5.91 Å². The van der Waals surface area contributed by atoms with Crippen LogP contribution in [-0.2, 0) is 7.05 Å². The molecule has 0 aliphatic rings. The zero-order valence-corrected chi connectivity index (χ0v) is 18.2. The molecule has 0 bridgehead atoms. The van der Waals surface area contributed by atoms with E-state index in [-0.39, 0.29) is 5.91 Å². The first-order valence-corrected chi connectivity index (χ1v) is 11.7. The first kappa shape index (κ1) is 18.9. The van der Waals surface area contributed by atoms with E-state index in [1.165, 1.54) is 22.7 Å². The number of thiophene rings is 1. The quantitative estimate of drug-likeness (QED) is 0.376. The van der Waals surface area contributed by atoms with Crippen LogP contribution >= 0.6 is 34.0 Å². The number of thiazole rings is 2. The Morgan fingerprint density at radius 1 is 1.07 bits per heavy atom. The number of nitrogens with zero attached hydrogens (tertiary/aromatic N) is 4. The molecule has 5 aromatic rings. The van der Waals surface area contributed by atoms with E-state index in [4.69, 9.17) is 4.98 Å². The van der Waals surface area contributed by atoms with Gasteiger partial charge in [0.15, 0.2) is 11.0 Å². The standard InChI is InChI=1S/C21H15N5OS3/c1-26-9-8-22-18(26)17-16(13-5-3-2-4-6-13)24-21(30-17)25-19(27)15-12-29-20(23-15)14-7-10-28-11-14/h2-12H,1H3,(H,24,25,27). The average Bonchev–Trinajstić information content (AvgIpc) is 3.54. The fourth-order valence-corrected chi connectivity index (χ4v) is 5.49. The number of rotatable bonds is 5. The van der Waals surface area contributed by atoms with Gasteiger partial charge < -0.3 is 4.57 Å². The Morgan fingerprint density at radius 2 is 1.93 bits per heavy atom. The minimum absolute atomic E-state index is 0.271. The number of nitrogens with one attached hydrogen (secondary N) is 1. The SMILES string of the molecule is Cn1ccnc1-c1sc(NC(=O)c2csc(-c3ccsc3)n2)nc1-c1ccccc1. The maximum absolute atomic E-state index is 12.8. The van der Waals surface area contributed by atoms with E-state index in [9.17, 15) is 4.79 Å². The van der Waals surface area contributed by atoms with E-state index in [0.29, 0.717) is 10.8 Å². The number of hydrogen-bond acceptors (Lipinski definition) is 7. The Morgan fingerprint density at radius 3 is 2.67 bits per heavy atom. The lowest BCUT2D eigenvalue weighted by Crippen LogP contribution is -2.12. The van der Waals surface area contributed by atoms with Crippen molar-refractivity contribution >= 4 is 45.0 Å². The topological polar surface area (TPSA) is 72.7 Å².